The fraction of sp³-hybridized carbons (Fsp3) is 0.571. The number of rotatable bonds is 4. The van der Waals surface area contributed by atoms with E-state index in [9.17, 15) is 28.1 Å². The topological polar surface area (TPSA) is 103 Å². The first-order chi connectivity index (χ1) is 12.1. The van der Waals surface area contributed by atoms with Crippen molar-refractivity contribution in [3.63, 3.8) is 0 Å². The lowest BCUT2D eigenvalue weighted by Crippen LogP contribution is -2.44. The van der Waals surface area contributed by atoms with Crippen molar-refractivity contribution in [1.29, 1.82) is 0 Å². The van der Waals surface area contributed by atoms with E-state index in [1.54, 1.807) is 11.9 Å². The molecule has 0 spiro atoms. The van der Waals surface area contributed by atoms with Gasteiger partial charge >= 0.3 is 17.8 Å². The van der Waals surface area contributed by atoms with Crippen LogP contribution in [0.5, 0.6) is 0 Å². The van der Waals surface area contributed by atoms with Crippen LogP contribution in [0, 0.1) is 10.1 Å². The number of alkyl halides is 3. The summed E-state index contributed by atoms with van der Waals surface area (Å²) in [6, 6.07) is -0.888. The van der Waals surface area contributed by atoms with E-state index in [0.29, 0.717) is 12.1 Å². The maximum Gasteiger partial charge on any atom is 0.471 e. The van der Waals surface area contributed by atoms with Crippen molar-refractivity contribution in [1.82, 2.24) is 15.1 Å². The zero-order valence-corrected chi connectivity index (χ0v) is 14.1. The highest BCUT2D eigenvalue weighted by Gasteiger charge is 2.40. The molecular weight excluding hydrogens is 359 g/mol. The Morgan fingerprint density at radius 2 is 2.19 bits per heavy atom. The van der Waals surface area contributed by atoms with Crippen LogP contribution >= 0.6 is 0 Å². The fourth-order valence-electron chi connectivity index (χ4n) is 2.84. The van der Waals surface area contributed by atoms with Crippen LogP contribution in [0.4, 0.5) is 24.7 Å². The van der Waals surface area contributed by atoms with Crippen molar-refractivity contribution in [3.8, 4) is 0 Å². The molecule has 9 nitrogen and oxygen atoms in total. The summed E-state index contributed by atoms with van der Waals surface area (Å²) in [5, 5.41) is 17.0. The number of hydrogen-bond donors (Lipinski definition) is 1. The highest BCUT2D eigenvalue weighted by atomic mass is 19.4. The Labute approximate surface area is 146 Å². The van der Waals surface area contributed by atoms with Gasteiger partial charge in [0.1, 0.15) is 6.20 Å². The molecule has 1 aliphatic rings. The zero-order chi connectivity index (χ0) is 19.5. The van der Waals surface area contributed by atoms with Gasteiger partial charge in [-0.1, -0.05) is 0 Å². The van der Waals surface area contributed by atoms with Crippen LogP contribution in [0.2, 0.25) is 0 Å². The number of carbonyl (C=O) groups excluding carboxylic acids is 1. The minimum atomic E-state index is -5.00. The third-order valence-corrected chi connectivity index (χ3v) is 4.02. The van der Waals surface area contributed by atoms with E-state index in [0.717, 1.165) is 6.20 Å². The average molecular weight is 377 g/mol. The molecule has 12 heteroatoms. The van der Waals surface area contributed by atoms with Gasteiger partial charge in [-0.25, -0.2) is 4.68 Å². The number of hydrogen-bond acceptors (Lipinski definition) is 6. The van der Waals surface area contributed by atoms with Crippen LogP contribution in [0.1, 0.15) is 12.8 Å². The van der Waals surface area contributed by atoms with Crippen molar-refractivity contribution in [2.75, 3.05) is 25.1 Å². The molecule has 0 saturated carbocycles. The van der Waals surface area contributed by atoms with Gasteiger partial charge in [0.25, 0.3) is 0 Å². The molecule has 0 bridgehead atoms. The van der Waals surface area contributed by atoms with Gasteiger partial charge in [-0.15, -0.1) is 0 Å². The average Bonchev–Trinajstić information content (AvgIpc) is 2.83. The van der Waals surface area contributed by atoms with E-state index in [2.05, 4.69) is 5.10 Å². The number of anilines is 1. The third kappa shape index (κ3) is 4.24. The summed E-state index contributed by atoms with van der Waals surface area (Å²) in [5.74, 6) is -1.78. The minimum absolute atomic E-state index is 0.124. The highest BCUT2D eigenvalue weighted by molar-refractivity contribution is 5.82. The summed E-state index contributed by atoms with van der Waals surface area (Å²) in [4.78, 5) is 23.5. The van der Waals surface area contributed by atoms with E-state index in [4.69, 9.17) is 4.74 Å². The number of nitrogens with one attached hydrogen (secondary N) is 1. The molecule has 0 unspecified atom stereocenters. The molecule has 0 aliphatic carbocycles. The Morgan fingerprint density at radius 1 is 1.50 bits per heavy atom. The molecule has 2 rings (SSSR count). The summed E-state index contributed by atoms with van der Waals surface area (Å²) in [5.41, 5.74) is 0.278. The maximum absolute atomic E-state index is 12.6. The Hall–Kier alpha value is -2.79. The Kier molecular flexibility index (Phi) is 5.73. The quantitative estimate of drug-likeness (QED) is 0.485. The molecule has 1 N–H and O–H groups in total. The second-order valence-electron chi connectivity index (χ2n) is 5.71. The van der Waals surface area contributed by atoms with E-state index in [-0.39, 0.29) is 30.9 Å². The van der Waals surface area contributed by atoms with Gasteiger partial charge in [-0.2, -0.15) is 18.3 Å². The summed E-state index contributed by atoms with van der Waals surface area (Å²) in [7, 11) is 2.90. The van der Waals surface area contributed by atoms with Gasteiger partial charge in [0, 0.05) is 20.1 Å². The van der Waals surface area contributed by atoms with Gasteiger partial charge < -0.3 is 15.0 Å². The van der Waals surface area contributed by atoms with Crippen LogP contribution in [-0.4, -0.2) is 53.0 Å². The normalized spacial score (nSPS) is 20.0. The number of ether oxygens (including phenoxy) is 1. The molecule has 1 aliphatic heterocycles. The molecule has 1 aromatic heterocycles. The van der Waals surface area contributed by atoms with Crippen LogP contribution in [-0.2, 0) is 16.6 Å². The minimum Gasteiger partial charge on any atom is -0.504 e. The lowest BCUT2D eigenvalue weighted by Gasteiger charge is -2.22. The molecule has 1 saturated heterocycles. The Bertz CT molecular complexity index is 716. The highest BCUT2D eigenvalue weighted by Crippen LogP contribution is 2.30. The molecule has 1 fully saturated rings. The first kappa shape index (κ1) is 19.5. The van der Waals surface area contributed by atoms with E-state index < -0.39 is 23.0 Å². The van der Waals surface area contributed by atoms with Crippen molar-refractivity contribution in [2.45, 2.75) is 25.1 Å². The number of halogens is 3. The van der Waals surface area contributed by atoms with Crippen LogP contribution in [0.25, 0.3) is 0 Å². The van der Waals surface area contributed by atoms with E-state index in [1.807, 2.05) is 5.32 Å². The number of nitro groups is 1. The van der Waals surface area contributed by atoms with Gasteiger partial charge in [-0.05, 0) is 18.4 Å². The predicted octanol–water partition coefficient (Wildman–Crippen LogP) is 1.51. The Balaban J connectivity index is 2.24. The lowest BCUT2D eigenvalue weighted by atomic mass is 10.0. The number of amides is 1. The van der Waals surface area contributed by atoms with Crippen LogP contribution < -0.4 is 10.2 Å². The Morgan fingerprint density at radius 3 is 2.77 bits per heavy atom. The predicted molar refractivity (Wildman–Crippen MR) is 84.4 cm³/mol. The molecule has 0 aromatic carbocycles. The molecular formula is C14H18F3N5O4. The summed E-state index contributed by atoms with van der Waals surface area (Å²) < 4.78 is 43.9. The first-order valence-corrected chi connectivity index (χ1v) is 7.66. The second kappa shape index (κ2) is 7.62. The molecule has 1 amide bonds. The SMILES string of the molecule is CO/C=C1/CCN(c2c([N+](=O)[O-])cnn2C)CC[C@H]1NC(=O)C(F)(F)F. The summed E-state index contributed by atoms with van der Waals surface area (Å²) in [6.07, 6.45) is -2.19. The zero-order valence-electron chi connectivity index (χ0n) is 14.1. The monoisotopic (exact) mass is 377 g/mol. The number of methoxy groups -OCH3 is 1. The molecule has 2 heterocycles. The van der Waals surface area contributed by atoms with Crippen LogP contribution in [0.15, 0.2) is 18.0 Å². The summed E-state index contributed by atoms with van der Waals surface area (Å²) in [6.45, 7) is 0.498. The molecule has 26 heavy (non-hydrogen) atoms. The van der Waals surface area contributed by atoms with Gasteiger partial charge in [0.2, 0.25) is 5.82 Å². The van der Waals surface area contributed by atoms with Crippen molar-refractivity contribution < 1.29 is 27.6 Å². The first-order valence-electron chi connectivity index (χ1n) is 7.66. The smallest absolute Gasteiger partial charge is 0.471 e. The number of nitrogens with zero attached hydrogens (tertiary/aromatic N) is 4. The summed E-state index contributed by atoms with van der Waals surface area (Å²) >= 11 is 0. The number of carbonyl (C=O) groups is 1. The van der Waals surface area contributed by atoms with E-state index >= 15 is 0 Å². The van der Waals surface area contributed by atoms with Crippen molar-refractivity contribution in [2.24, 2.45) is 7.05 Å². The second-order valence-corrected chi connectivity index (χ2v) is 5.71. The lowest BCUT2D eigenvalue weighted by molar-refractivity contribution is -0.384. The molecule has 144 valence electrons. The van der Waals surface area contributed by atoms with Crippen molar-refractivity contribution >= 4 is 17.4 Å². The maximum atomic E-state index is 12.6. The number of aryl methyl sites for hydroxylation is 1. The fourth-order valence-corrected chi connectivity index (χ4v) is 2.84. The molecule has 1 atom stereocenters. The van der Waals surface area contributed by atoms with Gasteiger partial charge in [0.15, 0.2) is 0 Å². The van der Waals surface area contributed by atoms with Gasteiger partial charge in [-0.3, -0.25) is 14.9 Å². The third-order valence-electron chi connectivity index (χ3n) is 4.02. The van der Waals surface area contributed by atoms with Crippen molar-refractivity contribution in [3.05, 3.63) is 28.1 Å². The molecule has 0 radical (unpaired) electrons. The van der Waals surface area contributed by atoms with E-state index in [1.165, 1.54) is 18.1 Å². The number of aromatic nitrogens is 2. The standard InChI is InChI=1S/C14H18F3N5O4/c1-20-12(11(7-18-20)22(24)25)21-5-3-9(8-26-2)10(4-6-21)19-13(23)14(15,16)17/h7-8,10H,3-6H2,1-2H3,(H,19,23)/b9-8-/t10-/m1/s1. The van der Waals surface area contributed by atoms with Gasteiger partial charge in [0.05, 0.1) is 24.3 Å². The van der Waals surface area contributed by atoms with Crippen LogP contribution in [0.3, 0.4) is 0 Å². The molecule has 1 aromatic rings. The largest absolute Gasteiger partial charge is 0.504 e.